The first-order chi connectivity index (χ1) is 21.9. The molecule has 10 nitrogen and oxygen atoms in total. The van der Waals surface area contributed by atoms with Crippen LogP contribution < -0.4 is 15.0 Å². The molecular weight excluding hydrogens is 640 g/mol. The molecule has 0 unspecified atom stereocenters. The molecule has 0 bridgehead atoms. The Kier molecular flexibility index (Phi) is 9.08. The van der Waals surface area contributed by atoms with Crippen molar-refractivity contribution < 1.29 is 23.4 Å². The highest BCUT2D eigenvalue weighted by Gasteiger charge is 2.21. The second kappa shape index (κ2) is 13.5. The van der Waals surface area contributed by atoms with E-state index < -0.39 is 0 Å². The van der Waals surface area contributed by atoms with Gasteiger partial charge in [-0.2, -0.15) is 9.78 Å². The molecule has 3 aromatic carbocycles. The molecule has 1 saturated heterocycles. The zero-order chi connectivity index (χ0) is 31.3. The van der Waals surface area contributed by atoms with Crippen LogP contribution in [0, 0.1) is 0 Å². The molecule has 0 radical (unpaired) electrons. The molecule has 0 N–H and O–H groups in total. The lowest BCUT2D eigenvalue weighted by Crippen LogP contribution is -2.43. The number of allylic oxidation sites excluding steroid dienone is 1. The molecule has 5 aromatic rings. The largest absolute Gasteiger partial charge is 0.490 e. The summed E-state index contributed by atoms with van der Waals surface area (Å²) in [5.41, 5.74) is 2.27. The van der Waals surface area contributed by atoms with Gasteiger partial charge in [0.2, 0.25) is 5.82 Å². The molecule has 45 heavy (non-hydrogen) atoms. The van der Waals surface area contributed by atoms with Gasteiger partial charge in [0.05, 0.1) is 36.9 Å². The normalized spacial score (nSPS) is 13.5. The van der Waals surface area contributed by atoms with Gasteiger partial charge in [0.1, 0.15) is 5.58 Å². The summed E-state index contributed by atoms with van der Waals surface area (Å²) in [6.07, 6.45) is 3.77. The van der Waals surface area contributed by atoms with Crippen molar-refractivity contribution in [1.82, 2.24) is 14.6 Å². The topological polar surface area (TPSA) is 108 Å². The van der Waals surface area contributed by atoms with Crippen LogP contribution in [0.4, 0.5) is 0 Å². The molecule has 2 aromatic heterocycles. The molecule has 1 aliphatic heterocycles. The van der Waals surface area contributed by atoms with E-state index in [0.717, 1.165) is 15.4 Å². The number of aromatic nitrogens is 2. The molecule has 0 spiro atoms. The Balaban J connectivity index is 1.39. The zero-order valence-corrected chi connectivity index (χ0v) is 26.3. The highest BCUT2D eigenvalue weighted by atomic mass is 79.9. The van der Waals surface area contributed by atoms with Gasteiger partial charge in [-0.25, -0.2) is 4.98 Å². The van der Waals surface area contributed by atoms with Crippen LogP contribution >= 0.6 is 15.9 Å². The standard InChI is InChI=1S/C34H31BrN4O6/c1-3-7-23-16-22(17-29(43-4-2)32(23)44-21-31(40)38-12-14-42-15-13-38)20-36-39-33(37-27-9-6-5-8-26(27)34(39)41)30-19-24-18-25(35)10-11-28(24)45-30/h3,5-6,8-11,16-20H,1,4,7,12-15,21H2,2H3. The molecule has 1 aliphatic rings. The van der Waals surface area contributed by atoms with Crippen LogP contribution in [0.25, 0.3) is 33.5 Å². The van der Waals surface area contributed by atoms with E-state index in [1.165, 1.54) is 4.68 Å². The maximum atomic E-state index is 13.7. The second-order valence-electron chi connectivity index (χ2n) is 10.3. The summed E-state index contributed by atoms with van der Waals surface area (Å²) >= 11 is 3.50. The van der Waals surface area contributed by atoms with Gasteiger partial charge in [0.25, 0.3) is 11.5 Å². The molecule has 0 aliphatic carbocycles. The Morgan fingerprint density at radius 3 is 2.73 bits per heavy atom. The highest BCUT2D eigenvalue weighted by molar-refractivity contribution is 9.10. The first kappa shape index (κ1) is 30.3. The van der Waals surface area contributed by atoms with Gasteiger partial charge in [-0.3, -0.25) is 9.59 Å². The van der Waals surface area contributed by atoms with Gasteiger partial charge >= 0.3 is 0 Å². The van der Waals surface area contributed by atoms with Crippen molar-refractivity contribution in [3.05, 3.63) is 99.3 Å². The smallest absolute Gasteiger partial charge is 0.282 e. The second-order valence-corrected chi connectivity index (χ2v) is 11.2. The number of rotatable bonds is 10. The van der Waals surface area contributed by atoms with Crippen molar-refractivity contribution in [2.75, 3.05) is 39.5 Å². The van der Waals surface area contributed by atoms with E-state index >= 15 is 0 Å². The van der Waals surface area contributed by atoms with Gasteiger partial charge in [-0.05, 0) is 67.4 Å². The van der Waals surface area contributed by atoms with Crippen molar-refractivity contribution in [1.29, 1.82) is 0 Å². The minimum atomic E-state index is -0.341. The lowest BCUT2D eigenvalue weighted by Gasteiger charge is -2.27. The lowest BCUT2D eigenvalue weighted by atomic mass is 10.1. The molecule has 1 fully saturated rings. The van der Waals surface area contributed by atoms with Crippen molar-refractivity contribution in [2.45, 2.75) is 13.3 Å². The summed E-state index contributed by atoms with van der Waals surface area (Å²) in [5.74, 6) is 1.47. The predicted molar refractivity (Wildman–Crippen MR) is 176 cm³/mol. The average Bonchev–Trinajstić information content (AvgIpc) is 3.47. The van der Waals surface area contributed by atoms with Gasteiger partial charge in [0.15, 0.2) is 23.9 Å². The number of ether oxygens (including phenoxy) is 3. The summed E-state index contributed by atoms with van der Waals surface area (Å²) in [7, 11) is 0. The van der Waals surface area contributed by atoms with E-state index in [1.807, 2.05) is 43.3 Å². The Morgan fingerprint density at radius 2 is 1.93 bits per heavy atom. The Hall–Kier alpha value is -4.74. The average molecular weight is 672 g/mol. The van der Waals surface area contributed by atoms with E-state index in [0.29, 0.717) is 78.6 Å². The lowest BCUT2D eigenvalue weighted by molar-refractivity contribution is -0.137. The molecule has 0 saturated carbocycles. The number of morpholine rings is 1. The number of carbonyl (C=O) groups excluding carboxylic acids is 1. The van der Waals surface area contributed by atoms with Crippen molar-refractivity contribution in [3.63, 3.8) is 0 Å². The number of furan rings is 1. The molecule has 1 amide bonds. The summed E-state index contributed by atoms with van der Waals surface area (Å²) in [4.78, 5) is 33.0. The number of amides is 1. The molecule has 3 heterocycles. The van der Waals surface area contributed by atoms with Crippen LogP contribution in [0.3, 0.4) is 0 Å². The van der Waals surface area contributed by atoms with Crippen LogP contribution in [0.2, 0.25) is 0 Å². The number of para-hydroxylation sites is 1. The highest BCUT2D eigenvalue weighted by Crippen LogP contribution is 2.34. The first-order valence-corrected chi connectivity index (χ1v) is 15.4. The molecular formula is C34H31BrN4O6. The third-order valence-electron chi connectivity index (χ3n) is 7.30. The van der Waals surface area contributed by atoms with Gasteiger partial charge in [-0.1, -0.05) is 34.1 Å². The van der Waals surface area contributed by atoms with Crippen molar-refractivity contribution in [3.8, 4) is 23.1 Å². The molecule has 6 rings (SSSR count). The van der Waals surface area contributed by atoms with E-state index in [4.69, 9.17) is 23.6 Å². The number of halogens is 1. The maximum Gasteiger partial charge on any atom is 0.282 e. The van der Waals surface area contributed by atoms with Crippen LogP contribution in [0.1, 0.15) is 18.1 Å². The fourth-order valence-electron chi connectivity index (χ4n) is 5.17. The summed E-state index contributed by atoms with van der Waals surface area (Å²) in [5, 5.41) is 5.89. The van der Waals surface area contributed by atoms with E-state index in [-0.39, 0.29) is 23.9 Å². The van der Waals surface area contributed by atoms with Crippen molar-refractivity contribution in [2.24, 2.45) is 5.10 Å². The van der Waals surface area contributed by atoms with Crippen LogP contribution in [0.15, 0.2) is 92.1 Å². The molecule has 11 heteroatoms. The zero-order valence-electron chi connectivity index (χ0n) is 24.7. The monoisotopic (exact) mass is 670 g/mol. The summed E-state index contributed by atoms with van der Waals surface area (Å²) < 4.78 is 25.6. The minimum Gasteiger partial charge on any atom is -0.490 e. The van der Waals surface area contributed by atoms with Crippen LogP contribution in [-0.4, -0.2) is 66.2 Å². The Labute approximate surface area is 267 Å². The number of carbonyl (C=O) groups is 1. The Bertz CT molecular complexity index is 1980. The third-order valence-corrected chi connectivity index (χ3v) is 7.79. The van der Waals surface area contributed by atoms with E-state index in [1.54, 1.807) is 41.5 Å². The van der Waals surface area contributed by atoms with E-state index in [2.05, 4.69) is 27.6 Å². The van der Waals surface area contributed by atoms with Gasteiger partial charge in [-0.15, -0.1) is 6.58 Å². The van der Waals surface area contributed by atoms with Gasteiger partial charge in [0, 0.05) is 28.5 Å². The van der Waals surface area contributed by atoms with E-state index in [9.17, 15) is 9.59 Å². The number of hydrogen-bond donors (Lipinski definition) is 0. The summed E-state index contributed by atoms with van der Waals surface area (Å²) in [6, 6.07) is 18.3. The molecule has 230 valence electrons. The number of fused-ring (bicyclic) bond motifs is 2. The fraction of sp³-hybridized carbons (Fsp3) is 0.235. The van der Waals surface area contributed by atoms with Crippen LogP contribution in [0.5, 0.6) is 11.5 Å². The van der Waals surface area contributed by atoms with Gasteiger partial charge < -0.3 is 23.5 Å². The SMILES string of the molecule is C=CCc1cc(C=Nn2c(-c3cc4cc(Br)ccc4o3)nc3ccccc3c2=O)cc(OCC)c1OCC(=O)N1CCOCC1. The third kappa shape index (κ3) is 6.54. The quantitative estimate of drug-likeness (QED) is 0.136. The maximum absolute atomic E-state index is 13.7. The number of benzene rings is 3. The van der Waals surface area contributed by atoms with Crippen molar-refractivity contribution >= 4 is 49.9 Å². The predicted octanol–water partition coefficient (Wildman–Crippen LogP) is 5.82. The molecule has 0 atom stereocenters. The fourth-order valence-corrected chi connectivity index (χ4v) is 5.55. The Morgan fingerprint density at radius 1 is 1.11 bits per heavy atom. The number of nitrogens with zero attached hydrogens (tertiary/aromatic N) is 4. The first-order valence-electron chi connectivity index (χ1n) is 14.6. The summed E-state index contributed by atoms with van der Waals surface area (Å²) in [6.45, 7) is 8.09. The minimum absolute atomic E-state index is 0.121. The van der Waals surface area contributed by atoms with Crippen LogP contribution in [-0.2, 0) is 16.0 Å². The number of hydrogen-bond acceptors (Lipinski definition) is 8.